The highest BCUT2D eigenvalue weighted by Gasteiger charge is 2.31. The van der Waals surface area contributed by atoms with Crippen LogP contribution in [-0.4, -0.2) is 45.5 Å². The summed E-state index contributed by atoms with van der Waals surface area (Å²) in [5, 5.41) is 18.2. The number of rotatable bonds is 9. The lowest BCUT2D eigenvalue weighted by molar-refractivity contribution is -0.153. The number of carboxylic acid groups (broad SMARTS) is 2. The highest BCUT2D eigenvalue weighted by molar-refractivity contribution is 5.84. The molecule has 0 aromatic carbocycles. The van der Waals surface area contributed by atoms with Gasteiger partial charge in [-0.2, -0.15) is 0 Å². The van der Waals surface area contributed by atoms with Gasteiger partial charge in [0.25, 0.3) is 0 Å². The molecular weight excluding hydrogens is 262 g/mol. The van der Waals surface area contributed by atoms with Crippen LogP contribution < -0.4 is 0 Å². The summed E-state index contributed by atoms with van der Waals surface area (Å²) in [6.45, 7) is 6.97. The molecule has 0 spiro atoms. The van der Waals surface area contributed by atoms with Gasteiger partial charge in [0.1, 0.15) is 6.04 Å². The van der Waals surface area contributed by atoms with Crippen molar-refractivity contribution in [2.24, 2.45) is 11.8 Å². The van der Waals surface area contributed by atoms with Crippen molar-refractivity contribution in [3.8, 4) is 0 Å². The summed E-state index contributed by atoms with van der Waals surface area (Å²) in [5.41, 5.74) is 0. The lowest BCUT2D eigenvalue weighted by Gasteiger charge is -2.31. The first-order chi connectivity index (χ1) is 9.20. The molecule has 0 aliphatic rings. The van der Waals surface area contributed by atoms with E-state index in [0.29, 0.717) is 12.8 Å². The molecule has 2 atom stereocenters. The molecule has 0 heterocycles. The molecule has 2 unspecified atom stereocenters. The fourth-order valence-electron chi connectivity index (χ4n) is 1.93. The van der Waals surface area contributed by atoms with Crippen molar-refractivity contribution in [2.45, 2.75) is 53.0 Å². The number of carbonyl (C=O) groups excluding carboxylic acids is 1. The molecule has 116 valence electrons. The predicted octanol–water partition coefficient (Wildman–Crippen LogP) is 1.84. The Morgan fingerprint density at radius 3 is 1.95 bits per heavy atom. The zero-order valence-electron chi connectivity index (χ0n) is 12.6. The normalized spacial score (nSPS) is 13.8. The van der Waals surface area contributed by atoms with Crippen molar-refractivity contribution >= 4 is 17.8 Å². The molecule has 0 rings (SSSR count). The Hall–Kier alpha value is -1.59. The van der Waals surface area contributed by atoms with Gasteiger partial charge in [-0.25, -0.2) is 4.79 Å². The fourth-order valence-corrected chi connectivity index (χ4v) is 1.93. The molecule has 0 fully saturated rings. The smallest absolute Gasteiger partial charge is 0.326 e. The maximum absolute atomic E-state index is 12.2. The summed E-state index contributed by atoms with van der Waals surface area (Å²) in [5.74, 6) is -3.10. The summed E-state index contributed by atoms with van der Waals surface area (Å²) in [6, 6.07) is -0.951. The van der Waals surface area contributed by atoms with E-state index in [1.807, 2.05) is 20.8 Å². The lowest BCUT2D eigenvalue weighted by Crippen LogP contribution is -2.48. The second-order valence-electron chi connectivity index (χ2n) is 5.53. The zero-order valence-corrected chi connectivity index (χ0v) is 12.6. The third-order valence-electron chi connectivity index (χ3n) is 3.02. The molecule has 1 amide bonds. The lowest BCUT2D eigenvalue weighted by atomic mass is 10.0. The van der Waals surface area contributed by atoms with Crippen molar-refractivity contribution in [1.82, 2.24) is 4.90 Å². The molecule has 6 heteroatoms. The third kappa shape index (κ3) is 6.04. The number of carbonyl (C=O) groups is 3. The highest BCUT2D eigenvalue weighted by Crippen LogP contribution is 2.15. The van der Waals surface area contributed by atoms with Crippen molar-refractivity contribution in [1.29, 1.82) is 0 Å². The minimum absolute atomic E-state index is 0.0716. The van der Waals surface area contributed by atoms with Gasteiger partial charge in [-0.1, -0.05) is 34.1 Å². The highest BCUT2D eigenvalue weighted by atomic mass is 16.4. The van der Waals surface area contributed by atoms with Crippen LogP contribution in [0.3, 0.4) is 0 Å². The van der Waals surface area contributed by atoms with Gasteiger partial charge >= 0.3 is 11.9 Å². The van der Waals surface area contributed by atoms with Gasteiger partial charge < -0.3 is 15.1 Å². The first-order valence-corrected chi connectivity index (χ1v) is 6.95. The van der Waals surface area contributed by atoms with Crippen molar-refractivity contribution in [3.05, 3.63) is 0 Å². The molecule has 0 saturated heterocycles. The van der Waals surface area contributed by atoms with Crippen LogP contribution in [0.4, 0.5) is 0 Å². The third-order valence-corrected chi connectivity index (χ3v) is 3.02. The molecule has 0 aromatic rings. The average molecular weight is 287 g/mol. The first-order valence-electron chi connectivity index (χ1n) is 6.95. The van der Waals surface area contributed by atoms with Crippen LogP contribution in [-0.2, 0) is 14.4 Å². The molecule has 2 N–H and O–H groups in total. The number of hydrogen-bond donors (Lipinski definition) is 2. The van der Waals surface area contributed by atoms with E-state index in [1.54, 1.807) is 0 Å². The number of carboxylic acids is 2. The molecule has 0 bridgehead atoms. The SMILES string of the molecule is CCCC(C(=O)O)N(CC(C)C(=O)O)C(=O)CC(C)C. The van der Waals surface area contributed by atoms with Gasteiger partial charge in [0.15, 0.2) is 0 Å². The maximum atomic E-state index is 12.2. The molecule has 0 aromatic heterocycles. The molecule has 0 aliphatic heterocycles. The average Bonchev–Trinajstić information content (AvgIpc) is 2.31. The van der Waals surface area contributed by atoms with Crippen LogP contribution in [0.1, 0.15) is 47.0 Å². The second-order valence-corrected chi connectivity index (χ2v) is 5.53. The molecule has 0 saturated carbocycles. The fraction of sp³-hybridized carbons (Fsp3) is 0.786. The quantitative estimate of drug-likeness (QED) is 0.674. The minimum atomic E-state index is -1.08. The van der Waals surface area contributed by atoms with E-state index in [2.05, 4.69) is 0 Å². The molecule has 0 radical (unpaired) electrons. The van der Waals surface area contributed by atoms with Crippen LogP contribution in [0, 0.1) is 11.8 Å². The maximum Gasteiger partial charge on any atom is 0.326 e. The van der Waals surface area contributed by atoms with Gasteiger partial charge in [0.2, 0.25) is 5.91 Å². The topological polar surface area (TPSA) is 94.9 Å². The summed E-state index contributed by atoms with van der Waals surface area (Å²) < 4.78 is 0. The van der Waals surface area contributed by atoms with Gasteiger partial charge in [-0.05, 0) is 12.3 Å². The standard InChI is InChI=1S/C14H25NO5/c1-5-6-11(14(19)20)15(8-10(4)13(17)18)12(16)7-9(2)3/h9-11H,5-8H2,1-4H3,(H,17,18)(H,19,20). The zero-order chi connectivity index (χ0) is 15.9. The summed E-state index contributed by atoms with van der Waals surface area (Å²) in [4.78, 5) is 35.7. The van der Waals surface area contributed by atoms with Crippen LogP contribution in [0.5, 0.6) is 0 Å². The summed E-state index contributed by atoms with van der Waals surface area (Å²) in [7, 11) is 0. The van der Waals surface area contributed by atoms with Crippen LogP contribution in [0.15, 0.2) is 0 Å². The van der Waals surface area contributed by atoms with E-state index in [9.17, 15) is 19.5 Å². The monoisotopic (exact) mass is 287 g/mol. The number of amides is 1. The van der Waals surface area contributed by atoms with Crippen molar-refractivity contribution < 1.29 is 24.6 Å². The van der Waals surface area contributed by atoms with E-state index >= 15 is 0 Å². The van der Waals surface area contributed by atoms with Gasteiger partial charge in [-0.15, -0.1) is 0 Å². The minimum Gasteiger partial charge on any atom is -0.481 e. The number of hydrogen-bond acceptors (Lipinski definition) is 3. The van der Waals surface area contributed by atoms with E-state index < -0.39 is 23.9 Å². The first kappa shape index (κ1) is 18.4. The Morgan fingerprint density at radius 2 is 1.60 bits per heavy atom. The van der Waals surface area contributed by atoms with Crippen molar-refractivity contribution in [3.63, 3.8) is 0 Å². The Kier molecular flexibility index (Phi) is 7.87. The largest absolute Gasteiger partial charge is 0.481 e. The molecule has 20 heavy (non-hydrogen) atoms. The Morgan fingerprint density at radius 1 is 1.05 bits per heavy atom. The van der Waals surface area contributed by atoms with Crippen molar-refractivity contribution in [2.75, 3.05) is 6.54 Å². The van der Waals surface area contributed by atoms with Crippen LogP contribution in [0.25, 0.3) is 0 Å². The number of aliphatic carboxylic acids is 2. The Balaban J connectivity index is 5.15. The molecular formula is C14H25NO5. The van der Waals surface area contributed by atoms with Gasteiger partial charge in [0, 0.05) is 13.0 Å². The van der Waals surface area contributed by atoms with E-state index in [1.165, 1.54) is 11.8 Å². The van der Waals surface area contributed by atoms with Crippen LogP contribution >= 0.6 is 0 Å². The Labute approximate surface area is 119 Å². The molecule has 6 nitrogen and oxygen atoms in total. The summed E-state index contributed by atoms with van der Waals surface area (Å²) >= 11 is 0. The van der Waals surface area contributed by atoms with E-state index in [0.717, 1.165) is 0 Å². The summed E-state index contributed by atoms with van der Waals surface area (Å²) in [6.07, 6.45) is 1.16. The Bertz CT molecular complexity index is 353. The molecule has 0 aliphatic carbocycles. The number of nitrogens with zero attached hydrogens (tertiary/aromatic N) is 1. The van der Waals surface area contributed by atoms with E-state index in [-0.39, 0.29) is 24.8 Å². The van der Waals surface area contributed by atoms with E-state index in [4.69, 9.17) is 5.11 Å². The van der Waals surface area contributed by atoms with Crippen LogP contribution in [0.2, 0.25) is 0 Å². The second kappa shape index (κ2) is 8.55. The van der Waals surface area contributed by atoms with Gasteiger partial charge in [0.05, 0.1) is 5.92 Å². The van der Waals surface area contributed by atoms with Gasteiger partial charge in [-0.3, -0.25) is 9.59 Å². The predicted molar refractivity (Wildman–Crippen MR) is 74.3 cm³/mol.